The van der Waals surface area contributed by atoms with E-state index in [0.717, 1.165) is 40.0 Å². The molecule has 2 aromatic rings. The van der Waals surface area contributed by atoms with Crippen LogP contribution in [0.4, 0.5) is 0 Å². The van der Waals surface area contributed by atoms with Crippen molar-refractivity contribution in [3.63, 3.8) is 0 Å². The van der Waals surface area contributed by atoms with E-state index in [4.69, 9.17) is 0 Å². The van der Waals surface area contributed by atoms with Gasteiger partial charge in [-0.3, -0.25) is 9.67 Å². The molecule has 18 heavy (non-hydrogen) atoms. The summed E-state index contributed by atoms with van der Waals surface area (Å²) in [6, 6.07) is 1.99. The molecule has 0 unspecified atom stereocenters. The first kappa shape index (κ1) is 13.6. The van der Waals surface area contributed by atoms with Crippen LogP contribution in [0.1, 0.15) is 11.5 Å². The zero-order valence-corrected chi connectivity index (χ0v) is 13.1. The van der Waals surface area contributed by atoms with Crippen LogP contribution in [0.2, 0.25) is 0 Å². The average molecular weight is 375 g/mol. The maximum absolute atomic E-state index is 4.33. The van der Waals surface area contributed by atoms with Gasteiger partial charge in [-0.15, -0.1) is 0 Å². The number of halogens is 2. The van der Waals surface area contributed by atoms with Crippen molar-refractivity contribution in [3.8, 4) is 0 Å². The van der Waals surface area contributed by atoms with E-state index in [-0.39, 0.29) is 0 Å². The first-order valence-electron chi connectivity index (χ1n) is 5.50. The van der Waals surface area contributed by atoms with Crippen LogP contribution in [0.25, 0.3) is 0 Å². The van der Waals surface area contributed by atoms with Gasteiger partial charge in [-0.25, -0.2) is 4.98 Å². The second-order valence-electron chi connectivity index (χ2n) is 3.84. The molecule has 2 heterocycles. The number of rotatable bonds is 5. The number of aromatic nitrogens is 4. The molecule has 0 bridgehead atoms. The molecular formula is C11H13Br2N5. The molecule has 7 heteroatoms. The third-order valence-corrected chi connectivity index (χ3v) is 3.47. The lowest BCUT2D eigenvalue weighted by molar-refractivity contribution is 0.651. The lowest BCUT2D eigenvalue weighted by Gasteiger charge is -2.05. The van der Waals surface area contributed by atoms with Gasteiger partial charge in [0.1, 0.15) is 6.33 Å². The van der Waals surface area contributed by atoms with Crippen molar-refractivity contribution in [2.45, 2.75) is 13.0 Å². The minimum atomic E-state index is 0.723. The number of hydrogen-bond acceptors (Lipinski definition) is 4. The van der Waals surface area contributed by atoms with E-state index in [1.165, 1.54) is 0 Å². The van der Waals surface area contributed by atoms with Crippen molar-refractivity contribution < 1.29 is 0 Å². The maximum Gasteiger partial charge on any atom is 0.151 e. The molecule has 0 aromatic carbocycles. The molecule has 2 rings (SSSR count). The highest BCUT2D eigenvalue weighted by Gasteiger charge is 2.03. The normalized spacial score (nSPS) is 10.8. The molecule has 1 N–H and O–H groups in total. The monoisotopic (exact) mass is 373 g/mol. The average Bonchev–Trinajstić information content (AvgIpc) is 2.73. The summed E-state index contributed by atoms with van der Waals surface area (Å²) in [4.78, 5) is 8.51. The Kier molecular flexibility index (Phi) is 4.85. The molecule has 0 aliphatic rings. The van der Waals surface area contributed by atoms with Gasteiger partial charge in [0, 0.05) is 41.7 Å². The van der Waals surface area contributed by atoms with Crippen molar-refractivity contribution in [3.05, 3.63) is 39.1 Å². The van der Waals surface area contributed by atoms with E-state index < -0.39 is 0 Å². The summed E-state index contributed by atoms with van der Waals surface area (Å²) in [5, 5.41) is 7.54. The van der Waals surface area contributed by atoms with E-state index >= 15 is 0 Å². The predicted octanol–water partition coefficient (Wildman–Crippen LogP) is 2.07. The Balaban J connectivity index is 1.78. The van der Waals surface area contributed by atoms with E-state index in [0.29, 0.717) is 0 Å². The van der Waals surface area contributed by atoms with Gasteiger partial charge in [-0.2, -0.15) is 5.10 Å². The molecule has 0 aliphatic heterocycles. The first-order chi connectivity index (χ1) is 8.65. The van der Waals surface area contributed by atoms with Crippen LogP contribution < -0.4 is 5.32 Å². The number of pyridine rings is 1. The quantitative estimate of drug-likeness (QED) is 0.814. The Morgan fingerprint density at radius 2 is 2.17 bits per heavy atom. The second kappa shape index (κ2) is 6.40. The summed E-state index contributed by atoms with van der Waals surface area (Å²) in [5.74, 6) is 0.854. The van der Waals surface area contributed by atoms with E-state index in [9.17, 15) is 0 Å². The Morgan fingerprint density at radius 1 is 1.33 bits per heavy atom. The summed E-state index contributed by atoms with van der Waals surface area (Å²) in [6.07, 6.45) is 4.32. The smallest absolute Gasteiger partial charge is 0.151 e. The summed E-state index contributed by atoms with van der Waals surface area (Å²) < 4.78 is 3.68. The molecule has 2 aromatic heterocycles. The molecular weight excluding hydrogens is 362 g/mol. The fourth-order valence-electron chi connectivity index (χ4n) is 1.48. The maximum atomic E-state index is 4.33. The minimum Gasteiger partial charge on any atom is -0.311 e. The van der Waals surface area contributed by atoms with E-state index in [2.05, 4.69) is 52.2 Å². The fraction of sp³-hybridized carbons (Fsp3) is 0.364. The van der Waals surface area contributed by atoms with Gasteiger partial charge in [0.2, 0.25) is 0 Å². The Labute approximate surface area is 122 Å². The van der Waals surface area contributed by atoms with Gasteiger partial charge in [0.05, 0.1) is 5.69 Å². The van der Waals surface area contributed by atoms with Crippen LogP contribution in [0.3, 0.4) is 0 Å². The largest absolute Gasteiger partial charge is 0.311 e. The van der Waals surface area contributed by atoms with Crippen LogP contribution in [0, 0.1) is 0 Å². The topological polar surface area (TPSA) is 55.6 Å². The molecule has 0 saturated heterocycles. The molecule has 5 nitrogen and oxygen atoms in total. The van der Waals surface area contributed by atoms with Gasteiger partial charge in [-0.05, 0) is 37.9 Å². The van der Waals surface area contributed by atoms with Gasteiger partial charge in [-0.1, -0.05) is 0 Å². The van der Waals surface area contributed by atoms with Crippen molar-refractivity contribution in [2.24, 2.45) is 7.05 Å². The molecule has 0 fully saturated rings. The Morgan fingerprint density at radius 3 is 2.83 bits per heavy atom. The van der Waals surface area contributed by atoms with E-state index in [1.807, 2.05) is 13.1 Å². The van der Waals surface area contributed by atoms with Crippen LogP contribution in [-0.4, -0.2) is 26.3 Å². The number of nitrogens with one attached hydrogen (secondary N) is 1. The molecule has 0 aliphatic carbocycles. The number of aryl methyl sites for hydroxylation is 1. The molecule has 0 atom stereocenters. The molecule has 96 valence electrons. The van der Waals surface area contributed by atoms with Gasteiger partial charge < -0.3 is 5.32 Å². The molecule has 0 amide bonds. The van der Waals surface area contributed by atoms with Crippen molar-refractivity contribution in [2.75, 3.05) is 6.54 Å². The summed E-state index contributed by atoms with van der Waals surface area (Å²) >= 11 is 6.87. The molecule has 0 saturated carbocycles. The third kappa shape index (κ3) is 3.86. The SMILES string of the molecule is Cn1cnc(CCNCc2ncc(Br)cc2Br)n1. The van der Waals surface area contributed by atoms with Gasteiger partial charge in [0.15, 0.2) is 5.82 Å². The van der Waals surface area contributed by atoms with Crippen LogP contribution in [-0.2, 0) is 20.0 Å². The molecule has 0 radical (unpaired) electrons. The fourth-order valence-corrected chi connectivity index (χ4v) is 2.61. The van der Waals surface area contributed by atoms with Crippen LogP contribution in [0.5, 0.6) is 0 Å². The highest BCUT2D eigenvalue weighted by molar-refractivity contribution is 9.11. The lowest BCUT2D eigenvalue weighted by Crippen LogP contribution is -2.18. The highest BCUT2D eigenvalue weighted by atomic mass is 79.9. The lowest BCUT2D eigenvalue weighted by atomic mass is 10.3. The number of nitrogens with zero attached hydrogens (tertiary/aromatic N) is 4. The van der Waals surface area contributed by atoms with Crippen molar-refractivity contribution >= 4 is 31.9 Å². The van der Waals surface area contributed by atoms with Crippen molar-refractivity contribution in [1.29, 1.82) is 0 Å². The van der Waals surface area contributed by atoms with Crippen LogP contribution in [0.15, 0.2) is 27.5 Å². The zero-order valence-electron chi connectivity index (χ0n) is 9.90. The number of hydrogen-bond donors (Lipinski definition) is 1. The highest BCUT2D eigenvalue weighted by Crippen LogP contribution is 2.19. The van der Waals surface area contributed by atoms with Crippen LogP contribution >= 0.6 is 31.9 Å². The molecule has 0 spiro atoms. The van der Waals surface area contributed by atoms with Gasteiger partial charge >= 0.3 is 0 Å². The Bertz CT molecular complexity index is 526. The Hall–Kier alpha value is -0.790. The first-order valence-corrected chi connectivity index (χ1v) is 7.09. The second-order valence-corrected chi connectivity index (χ2v) is 5.61. The zero-order chi connectivity index (χ0) is 13.0. The van der Waals surface area contributed by atoms with E-state index in [1.54, 1.807) is 17.2 Å². The summed E-state index contributed by atoms with van der Waals surface area (Å²) in [6.45, 7) is 1.55. The summed E-state index contributed by atoms with van der Waals surface area (Å²) in [5.41, 5.74) is 0.993. The third-order valence-electron chi connectivity index (χ3n) is 2.35. The summed E-state index contributed by atoms with van der Waals surface area (Å²) in [7, 11) is 1.87. The standard InChI is InChI=1S/C11H13Br2N5/c1-18-7-16-11(17-18)2-3-14-6-10-9(13)4-8(12)5-15-10/h4-5,7,14H,2-3,6H2,1H3. The van der Waals surface area contributed by atoms with Gasteiger partial charge in [0.25, 0.3) is 0 Å². The minimum absolute atomic E-state index is 0.723. The predicted molar refractivity (Wildman–Crippen MR) is 76.1 cm³/mol. The van der Waals surface area contributed by atoms with Crippen molar-refractivity contribution in [1.82, 2.24) is 25.1 Å².